The van der Waals surface area contributed by atoms with Gasteiger partial charge in [-0.3, -0.25) is 9.10 Å². The predicted octanol–water partition coefficient (Wildman–Crippen LogP) is 2.49. The topological polar surface area (TPSA) is 105 Å². The molecule has 1 heterocycles. The van der Waals surface area contributed by atoms with Gasteiger partial charge in [-0.25, -0.2) is 17.2 Å². The number of anilines is 1. The minimum atomic E-state index is -3.97. The molecule has 2 aromatic carbocycles. The van der Waals surface area contributed by atoms with Crippen molar-refractivity contribution in [3.8, 4) is 11.4 Å². The summed E-state index contributed by atoms with van der Waals surface area (Å²) in [6, 6.07) is 10.4. The third-order valence-corrected chi connectivity index (χ3v) is 5.40. The summed E-state index contributed by atoms with van der Waals surface area (Å²) < 4.78 is 57.0. The molecule has 0 saturated carbocycles. The van der Waals surface area contributed by atoms with Crippen LogP contribution in [0.4, 0.5) is 14.5 Å². The van der Waals surface area contributed by atoms with Gasteiger partial charge in [-0.2, -0.15) is 4.98 Å². The van der Waals surface area contributed by atoms with E-state index in [4.69, 9.17) is 4.52 Å². The molecule has 0 spiro atoms. The van der Waals surface area contributed by atoms with Gasteiger partial charge >= 0.3 is 0 Å². The zero-order valence-electron chi connectivity index (χ0n) is 16.0. The smallest absolute Gasteiger partial charge is 0.246 e. The Morgan fingerprint density at radius 2 is 1.87 bits per heavy atom. The Labute approximate surface area is 171 Å². The lowest BCUT2D eigenvalue weighted by Crippen LogP contribution is -2.47. The maximum absolute atomic E-state index is 13.6. The van der Waals surface area contributed by atoms with Crippen LogP contribution in [-0.4, -0.2) is 36.8 Å². The average molecular weight is 436 g/mol. The first-order valence-corrected chi connectivity index (χ1v) is 10.6. The fourth-order valence-corrected chi connectivity index (χ4v) is 3.94. The zero-order valence-corrected chi connectivity index (χ0v) is 16.9. The number of hydrogen-bond acceptors (Lipinski definition) is 6. The molecular weight excluding hydrogens is 418 g/mol. The zero-order chi connectivity index (χ0) is 21.9. The van der Waals surface area contributed by atoms with Crippen molar-refractivity contribution < 1.29 is 26.5 Å². The number of carbonyl (C=O) groups excluding carboxylic acids is 1. The molecule has 0 aliphatic carbocycles. The molecule has 0 saturated heterocycles. The maximum Gasteiger partial charge on any atom is 0.246 e. The quantitative estimate of drug-likeness (QED) is 0.610. The number of carbonyl (C=O) groups is 1. The Kier molecular flexibility index (Phi) is 6.11. The van der Waals surface area contributed by atoms with Crippen molar-refractivity contribution in [1.29, 1.82) is 0 Å². The summed E-state index contributed by atoms with van der Waals surface area (Å²) in [5, 5.41) is 6.33. The normalized spacial score (nSPS) is 12.4. The molecule has 0 bridgehead atoms. The molecule has 0 radical (unpaired) electrons. The number of amides is 1. The first-order chi connectivity index (χ1) is 14.2. The molecule has 1 atom stereocenters. The summed E-state index contributed by atoms with van der Waals surface area (Å²) in [7, 11) is -3.97. The molecule has 1 N–H and O–H groups in total. The summed E-state index contributed by atoms with van der Waals surface area (Å²) in [4.78, 5) is 16.7. The van der Waals surface area contributed by atoms with Gasteiger partial charge in [0, 0.05) is 11.6 Å². The SMILES string of the molecule is C[C@@H](C(=O)NCc1nc(-c2ccccc2)no1)N(c1ccc(F)c(F)c1)S(C)(=O)=O. The first-order valence-electron chi connectivity index (χ1n) is 8.77. The second kappa shape index (κ2) is 8.57. The van der Waals surface area contributed by atoms with E-state index in [1.807, 2.05) is 18.2 Å². The Balaban J connectivity index is 1.73. The van der Waals surface area contributed by atoms with Crippen LogP contribution in [-0.2, 0) is 21.4 Å². The Morgan fingerprint density at radius 3 is 2.50 bits per heavy atom. The van der Waals surface area contributed by atoms with E-state index >= 15 is 0 Å². The van der Waals surface area contributed by atoms with Crippen molar-refractivity contribution in [2.24, 2.45) is 0 Å². The second-order valence-corrected chi connectivity index (χ2v) is 8.29. The number of nitrogens with zero attached hydrogens (tertiary/aromatic N) is 3. The lowest BCUT2D eigenvalue weighted by atomic mass is 10.2. The maximum atomic E-state index is 13.6. The van der Waals surface area contributed by atoms with E-state index in [-0.39, 0.29) is 18.1 Å². The minimum absolute atomic E-state index is 0.119. The first kappa shape index (κ1) is 21.4. The lowest BCUT2D eigenvalue weighted by molar-refractivity contribution is -0.122. The lowest BCUT2D eigenvalue weighted by Gasteiger charge is -2.28. The highest BCUT2D eigenvalue weighted by Crippen LogP contribution is 2.23. The molecule has 3 aromatic rings. The van der Waals surface area contributed by atoms with E-state index in [1.54, 1.807) is 12.1 Å². The van der Waals surface area contributed by atoms with Crippen LogP contribution in [0, 0.1) is 11.6 Å². The number of hydrogen-bond donors (Lipinski definition) is 1. The minimum Gasteiger partial charge on any atom is -0.345 e. The highest BCUT2D eigenvalue weighted by molar-refractivity contribution is 7.92. The third kappa shape index (κ3) is 4.79. The average Bonchev–Trinajstić information content (AvgIpc) is 3.17. The molecule has 0 aliphatic heterocycles. The van der Waals surface area contributed by atoms with E-state index < -0.39 is 33.6 Å². The van der Waals surface area contributed by atoms with E-state index in [0.717, 1.165) is 24.0 Å². The second-order valence-electron chi connectivity index (χ2n) is 6.43. The highest BCUT2D eigenvalue weighted by atomic mass is 32.2. The van der Waals surface area contributed by atoms with Crippen molar-refractivity contribution in [1.82, 2.24) is 15.5 Å². The Morgan fingerprint density at radius 1 is 1.17 bits per heavy atom. The van der Waals surface area contributed by atoms with Crippen molar-refractivity contribution >= 4 is 21.6 Å². The number of nitrogens with one attached hydrogen (secondary N) is 1. The fourth-order valence-electron chi connectivity index (χ4n) is 2.77. The summed E-state index contributed by atoms with van der Waals surface area (Å²) in [5.41, 5.74) is 0.553. The van der Waals surface area contributed by atoms with Gasteiger partial charge in [0.25, 0.3) is 0 Å². The van der Waals surface area contributed by atoms with Crippen LogP contribution in [0.5, 0.6) is 0 Å². The Hall–Kier alpha value is -3.34. The van der Waals surface area contributed by atoms with Crippen LogP contribution in [0.2, 0.25) is 0 Å². The van der Waals surface area contributed by atoms with Crippen molar-refractivity contribution in [3.63, 3.8) is 0 Å². The molecule has 8 nitrogen and oxygen atoms in total. The number of aromatic nitrogens is 2. The fraction of sp³-hybridized carbons (Fsp3) is 0.211. The number of benzene rings is 2. The summed E-state index contributed by atoms with van der Waals surface area (Å²) in [5.74, 6) is -2.59. The largest absolute Gasteiger partial charge is 0.345 e. The van der Waals surface area contributed by atoms with Crippen molar-refractivity contribution in [2.45, 2.75) is 19.5 Å². The van der Waals surface area contributed by atoms with Crippen LogP contribution in [0.15, 0.2) is 53.1 Å². The van der Waals surface area contributed by atoms with Gasteiger partial charge in [-0.05, 0) is 19.1 Å². The van der Waals surface area contributed by atoms with Crippen LogP contribution >= 0.6 is 0 Å². The van der Waals surface area contributed by atoms with E-state index in [1.165, 1.54) is 6.92 Å². The van der Waals surface area contributed by atoms with Gasteiger partial charge in [0.2, 0.25) is 27.6 Å². The van der Waals surface area contributed by atoms with Crippen molar-refractivity contribution in [2.75, 3.05) is 10.6 Å². The Bertz CT molecular complexity index is 1150. The molecular formula is C19H18F2N4O4S. The summed E-state index contributed by atoms with van der Waals surface area (Å²) >= 11 is 0. The van der Waals surface area contributed by atoms with Gasteiger partial charge in [-0.1, -0.05) is 35.5 Å². The van der Waals surface area contributed by atoms with Crippen molar-refractivity contribution in [3.05, 3.63) is 66.1 Å². The van der Waals surface area contributed by atoms with Gasteiger partial charge in [0.1, 0.15) is 6.04 Å². The van der Waals surface area contributed by atoms with E-state index in [0.29, 0.717) is 16.2 Å². The predicted molar refractivity (Wildman–Crippen MR) is 105 cm³/mol. The molecule has 0 unspecified atom stereocenters. The molecule has 11 heteroatoms. The summed E-state index contributed by atoms with van der Waals surface area (Å²) in [6.45, 7) is 1.18. The molecule has 0 aliphatic rings. The monoisotopic (exact) mass is 436 g/mol. The number of halogens is 2. The molecule has 1 amide bonds. The molecule has 30 heavy (non-hydrogen) atoms. The van der Waals surface area contributed by atoms with Crippen LogP contribution < -0.4 is 9.62 Å². The summed E-state index contributed by atoms with van der Waals surface area (Å²) in [6.07, 6.45) is 0.863. The standard InChI is InChI=1S/C19H18F2N4O4S/c1-12(25(30(2,27)28)14-8-9-15(20)16(21)10-14)19(26)22-11-17-23-18(24-29-17)13-6-4-3-5-7-13/h3-10,12H,11H2,1-2H3,(H,22,26)/t12-/m0/s1. The van der Waals surface area contributed by atoms with Gasteiger partial charge < -0.3 is 9.84 Å². The third-order valence-electron chi connectivity index (χ3n) is 4.16. The van der Waals surface area contributed by atoms with Crippen LogP contribution in [0.25, 0.3) is 11.4 Å². The number of rotatable bonds is 7. The van der Waals surface area contributed by atoms with Gasteiger partial charge in [0.15, 0.2) is 11.6 Å². The molecule has 1 aromatic heterocycles. The number of sulfonamides is 1. The highest BCUT2D eigenvalue weighted by Gasteiger charge is 2.30. The van der Waals surface area contributed by atoms with Crippen LogP contribution in [0.3, 0.4) is 0 Å². The van der Waals surface area contributed by atoms with E-state index in [2.05, 4.69) is 15.5 Å². The van der Waals surface area contributed by atoms with Crippen LogP contribution in [0.1, 0.15) is 12.8 Å². The van der Waals surface area contributed by atoms with Gasteiger partial charge in [-0.15, -0.1) is 0 Å². The molecule has 0 fully saturated rings. The van der Waals surface area contributed by atoms with Gasteiger partial charge in [0.05, 0.1) is 18.5 Å². The molecule has 3 rings (SSSR count). The van der Waals surface area contributed by atoms with E-state index in [9.17, 15) is 22.0 Å². The molecule has 158 valence electrons.